The SMILES string of the molecule is Fc1c(-c2cccc3cccc(Cl)c23)ncc2c(N3CC4CCC(C4)C3)nc(OC3CCc4[nH]ncc4C3)nc12. The van der Waals surface area contributed by atoms with Crippen LogP contribution in [-0.4, -0.2) is 44.3 Å². The monoisotopic (exact) mass is 554 g/mol. The summed E-state index contributed by atoms with van der Waals surface area (Å²) >= 11 is 6.59. The number of fused-ring (bicyclic) bond motifs is 5. The highest BCUT2D eigenvalue weighted by molar-refractivity contribution is 6.36. The van der Waals surface area contributed by atoms with Gasteiger partial charge in [-0.05, 0) is 61.0 Å². The average Bonchev–Trinajstić information content (AvgIpc) is 3.58. The minimum Gasteiger partial charge on any atom is -0.460 e. The lowest BCUT2D eigenvalue weighted by Crippen LogP contribution is -2.37. The van der Waals surface area contributed by atoms with Crippen molar-refractivity contribution in [1.29, 1.82) is 0 Å². The normalized spacial score (nSPS) is 22.1. The molecule has 1 aliphatic heterocycles. The van der Waals surface area contributed by atoms with Crippen molar-refractivity contribution in [2.45, 2.75) is 44.6 Å². The molecule has 202 valence electrons. The van der Waals surface area contributed by atoms with E-state index in [1.165, 1.54) is 19.3 Å². The van der Waals surface area contributed by atoms with E-state index < -0.39 is 5.82 Å². The number of hydrogen-bond acceptors (Lipinski definition) is 6. The van der Waals surface area contributed by atoms with Crippen molar-refractivity contribution in [2.24, 2.45) is 11.8 Å². The molecule has 1 N–H and O–H groups in total. The van der Waals surface area contributed by atoms with Gasteiger partial charge >= 0.3 is 6.01 Å². The second-order valence-electron chi connectivity index (χ2n) is 11.5. The number of rotatable bonds is 4. The van der Waals surface area contributed by atoms with Crippen LogP contribution in [0, 0.1) is 17.7 Å². The number of pyridine rings is 1. The van der Waals surface area contributed by atoms with Crippen LogP contribution in [0.3, 0.4) is 0 Å². The average molecular weight is 555 g/mol. The molecule has 3 atom stereocenters. The van der Waals surface area contributed by atoms with Gasteiger partial charge < -0.3 is 9.64 Å². The van der Waals surface area contributed by atoms with Crippen molar-refractivity contribution in [3.05, 3.63) is 70.9 Å². The zero-order valence-electron chi connectivity index (χ0n) is 21.9. The Kier molecular flexibility index (Phi) is 5.66. The van der Waals surface area contributed by atoms with Crippen LogP contribution in [-0.2, 0) is 12.8 Å². The van der Waals surface area contributed by atoms with Gasteiger partial charge in [0.2, 0.25) is 0 Å². The first kappa shape index (κ1) is 24.1. The molecule has 0 amide bonds. The molecule has 3 aromatic heterocycles. The fourth-order valence-corrected chi connectivity index (χ4v) is 7.29. The molecule has 4 heterocycles. The molecule has 0 radical (unpaired) electrons. The molecule has 3 unspecified atom stereocenters. The number of nitrogens with zero attached hydrogens (tertiary/aromatic N) is 5. The minimum atomic E-state index is -0.487. The molecule has 8 rings (SSSR count). The Bertz CT molecular complexity index is 1760. The molecule has 2 aromatic carbocycles. The number of aromatic amines is 1. The van der Waals surface area contributed by atoms with Gasteiger partial charge in [-0.1, -0.05) is 41.9 Å². The summed E-state index contributed by atoms with van der Waals surface area (Å²) in [6.45, 7) is 1.82. The summed E-state index contributed by atoms with van der Waals surface area (Å²) in [4.78, 5) is 16.5. The Morgan fingerprint density at radius 2 is 1.82 bits per heavy atom. The Labute approximate surface area is 235 Å². The smallest absolute Gasteiger partial charge is 0.319 e. The first-order valence-electron chi connectivity index (χ1n) is 14.1. The van der Waals surface area contributed by atoms with E-state index in [-0.39, 0.29) is 23.3 Å². The van der Waals surface area contributed by atoms with Crippen LogP contribution in [0.15, 0.2) is 48.8 Å². The lowest BCUT2D eigenvalue weighted by molar-refractivity contribution is 0.169. The van der Waals surface area contributed by atoms with E-state index in [9.17, 15) is 0 Å². The second-order valence-corrected chi connectivity index (χ2v) is 11.9. The summed E-state index contributed by atoms with van der Waals surface area (Å²) in [7, 11) is 0. The van der Waals surface area contributed by atoms with E-state index in [0.29, 0.717) is 33.6 Å². The highest BCUT2D eigenvalue weighted by Crippen LogP contribution is 2.41. The van der Waals surface area contributed by atoms with Gasteiger partial charge in [0.15, 0.2) is 5.82 Å². The molecule has 7 nitrogen and oxygen atoms in total. The minimum absolute atomic E-state index is 0.103. The summed E-state index contributed by atoms with van der Waals surface area (Å²) in [6, 6.07) is 11.6. The zero-order chi connectivity index (χ0) is 26.8. The van der Waals surface area contributed by atoms with E-state index in [0.717, 1.165) is 54.4 Å². The van der Waals surface area contributed by atoms with Gasteiger partial charge in [0.1, 0.15) is 23.1 Å². The van der Waals surface area contributed by atoms with Crippen LogP contribution < -0.4 is 9.64 Å². The summed E-state index contributed by atoms with van der Waals surface area (Å²) in [5.41, 5.74) is 3.39. The van der Waals surface area contributed by atoms with Crippen molar-refractivity contribution < 1.29 is 9.13 Å². The summed E-state index contributed by atoms with van der Waals surface area (Å²) < 4.78 is 22.9. The maximum absolute atomic E-state index is 16.6. The van der Waals surface area contributed by atoms with Crippen LogP contribution in [0.2, 0.25) is 5.02 Å². The number of anilines is 1. The molecule has 1 saturated heterocycles. The van der Waals surface area contributed by atoms with Gasteiger partial charge in [-0.25, -0.2) is 4.39 Å². The van der Waals surface area contributed by atoms with Crippen LogP contribution in [0.4, 0.5) is 10.2 Å². The molecule has 2 aliphatic carbocycles. The maximum Gasteiger partial charge on any atom is 0.319 e. The largest absolute Gasteiger partial charge is 0.460 e. The maximum atomic E-state index is 16.6. The summed E-state index contributed by atoms with van der Waals surface area (Å²) in [5.74, 6) is 1.51. The molecule has 9 heteroatoms. The van der Waals surface area contributed by atoms with Crippen LogP contribution in [0.5, 0.6) is 6.01 Å². The highest BCUT2D eigenvalue weighted by Gasteiger charge is 2.35. The molecule has 40 heavy (non-hydrogen) atoms. The Morgan fingerprint density at radius 3 is 2.67 bits per heavy atom. The van der Waals surface area contributed by atoms with Crippen LogP contribution in [0.1, 0.15) is 36.9 Å². The molecule has 0 spiro atoms. The quantitative estimate of drug-likeness (QED) is 0.272. The third kappa shape index (κ3) is 4.00. The number of ether oxygens (including phenoxy) is 1. The van der Waals surface area contributed by atoms with Crippen LogP contribution in [0.25, 0.3) is 32.9 Å². The third-order valence-corrected chi connectivity index (χ3v) is 9.22. The predicted molar refractivity (Wildman–Crippen MR) is 153 cm³/mol. The van der Waals surface area contributed by atoms with E-state index in [4.69, 9.17) is 21.3 Å². The summed E-state index contributed by atoms with van der Waals surface area (Å²) in [6.07, 6.45) is 9.59. The van der Waals surface area contributed by atoms with Crippen molar-refractivity contribution in [3.8, 4) is 17.3 Å². The van der Waals surface area contributed by atoms with Gasteiger partial charge in [0.05, 0.1) is 11.6 Å². The number of H-pyrrole nitrogens is 1. The standard InChI is InChI=1S/C31H28ClFN6O/c32-24-6-2-4-19-3-1-5-22(26(19)24)28-27(33)29-23(14-34-28)30(39-15-17-7-8-18(11-17)16-39)37-31(36-29)40-21-9-10-25-20(12-21)13-35-38-25/h1-6,13-14,17-18,21H,7-12,15-16H2,(H,35,38). The highest BCUT2D eigenvalue weighted by atomic mass is 35.5. The first-order chi connectivity index (χ1) is 19.6. The number of hydrogen-bond donors (Lipinski definition) is 1. The topological polar surface area (TPSA) is 79.8 Å². The molecule has 1 saturated carbocycles. The van der Waals surface area contributed by atoms with E-state index >= 15 is 4.39 Å². The molecule has 5 aromatic rings. The van der Waals surface area contributed by atoms with Gasteiger partial charge in [-0.3, -0.25) is 10.1 Å². The van der Waals surface area contributed by atoms with Crippen molar-refractivity contribution >= 4 is 39.1 Å². The lowest BCUT2D eigenvalue weighted by Gasteiger charge is -2.33. The van der Waals surface area contributed by atoms with E-state index in [1.54, 1.807) is 6.20 Å². The number of halogens is 2. The Balaban J connectivity index is 1.26. The van der Waals surface area contributed by atoms with Crippen molar-refractivity contribution in [1.82, 2.24) is 25.1 Å². The number of aryl methyl sites for hydroxylation is 1. The number of piperidine rings is 1. The Hall–Kier alpha value is -3.78. The predicted octanol–water partition coefficient (Wildman–Crippen LogP) is 6.53. The van der Waals surface area contributed by atoms with Gasteiger partial charge in [0, 0.05) is 47.4 Å². The molecular formula is C31H28ClFN6O. The van der Waals surface area contributed by atoms with Gasteiger partial charge in [-0.2, -0.15) is 15.1 Å². The zero-order valence-corrected chi connectivity index (χ0v) is 22.7. The lowest BCUT2D eigenvalue weighted by atomic mass is 9.96. The van der Waals surface area contributed by atoms with Gasteiger partial charge in [0.25, 0.3) is 0 Å². The number of benzene rings is 2. The third-order valence-electron chi connectivity index (χ3n) is 8.90. The summed E-state index contributed by atoms with van der Waals surface area (Å²) in [5, 5.41) is 10.1. The van der Waals surface area contributed by atoms with Crippen molar-refractivity contribution in [3.63, 3.8) is 0 Å². The van der Waals surface area contributed by atoms with E-state index in [2.05, 4.69) is 25.1 Å². The molecular weight excluding hydrogens is 527 g/mol. The second kappa shape index (κ2) is 9.41. The Morgan fingerprint density at radius 1 is 1.00 bits per heavy atom. The molecule has 2 bridgehead atoms. The number of nitrogens with one attached hydrogen (secondary N) is 1. The molecule has 2 fully saturated rings. The van der Waals surface area contributed by atoms with Crippen LogP contribution >= 0.6 is 11.6 Å². The van der Waals surface area contributed by atoms with Crippen molar-refractivity contribution in [2.75, 3.05) is 18.0 Å². The molecule has 3 aliphatic rings. The fourth-order valence-electron chi connectivity index (χ4n) is 7.01. The fraction of sp³-hybridized carbons (Fsp3) is 0.355. The van der Waals surface area contributed by atoms with E-state index in [1.807, 2.05) is 42.6 Å². The first-order valence-corrected chi connectivity index (χ1v) is 14.4. The number of aromatic nitrogens is 5. The van der Waals surface area contributed by atoms with Gasteiger partial charge in [-0.15, -0.1) is 0 Å².